The van der Waals surface area contributed by atoms with Gasteiger partial charge in [-0.15, -0.1) is 0 Å². The van der Waals surface area contributed by atoms with Crippen molar-refractivity contribution in [3.8, 4) is 0 Å². The number of carbonyl (C=O) groups is 3. The first-order valence-electron chi connectivity index (χ1n) is 7.50. The third-order valence-corrected chi connectivity index (χ3v) is 4.48. The largest absolute Gasteiger partial charge is 0.481 e. The van der Waals surface area contributed by atoms with Gasteiger partial charge in [-0.2, -0.15) is 0 Å². The summed E-state index contributed by atoms with van der Waals surface area (Å²) in [4.78, 5) is 35.7. The maximum Gasteiger partial charge on any atom is 0.326 e. The molecular formula is C14H22N2O5. The van der Waals surface area contributed by atoms with Gasteiger partial charge in [0.1, 0.15) is 6.04 Å². The lowest BCUT2D eigenvalue weighted by molar-refractivity contribution is -0.145. The molecule has 2 amide bonds. The molecule has 3 N–H and O–H groups in total. The monoisotopic (exact) mass is 298 g/mol. The number of likely N-dealkylation sites (tertiary alicyclic amines) is 1. The lowest BCUT2D eigenvalue weighted by Crippen LogP contribution is -2.51. The molecule has 0 aromatic rings. The van der Waals surface area contributed by atoms with Crippen LogP contribution in [0.3, 0.4) is 0 Å². The van der Waals surface area contributed by atoms with E-state index in [1.54, 1.807) is 4.90 Å². The van der Waals surface area contributed by atoms with Crippen LogP contribution in [0, 0.1) is 5.92 Å². The molecule has 1 saturated heterocycles. The van der Waals surface area contributed by atoms with Gasteiger partial charge in [0.15, 0.2) is 0 Å². The van der Waals surface area contributed by atoms with E-state index in [0.717, 1.165) is 25.7 Å². The van der Waals surface area contributed by atoms with Crippen LogP contribution in [-0.2, 0) is 9.59 Å². The van der Waals surface area contributed by atoms with Crippen molar-refractivity contribution in [2.24, 2.45) is 5.92 Å². The van der Waals surface area contributed by atoms with Crippen molar-refractivity contribution >= 4 is 18.0 Å². The van der Waals surface area contributed by atoms with Crippen LogP contribution in [0.5, 0.6) is 0 Å². The number of carbonyl (C=O) groups excluding carboxylic acids is 1. The van der Waals surface area contributed by atoms with Crippen molar-refractivity contribution in [1.82, 2.24) is 10.2 Å². The van der Waals surface area contributed by atoms with Crippen molar-refractivity contribution in [2.45, 2.75) is 57.0 Å². The number of amides is 2. The van der Waals surface area contributed by atoms with Gasteiger partial charge in [0, 0.05) is 12.6 Å². The van der Waals surface area contributed by atoms with Gasteiger partial charge >= 0.3 is 18.0 Å². The minimum Gasteiger partial charge on any atom is -0.481 e. The summed E-state index contributed by atoms with van der Waals surface area (Å²) in [5.74, 6) is -2.06. The Hall–Kier alpha value is -1.79. The summed E-state index contributed by atoms with van der Waals surface area (Å²) in [5.41, 5.74) is 0. The number of hydrogen-bond donors (Lipinski definition) is 3. The highest BCUT2D eigenvalue weighted by atomic mass is 16.4. The molecule has 0 bridgehead atoms. The van der Waals surface area contributed by atoms with E-state index < -0.39 is 30.4 Å². The Morgan fingerprint density at radius 1 is 1.10 bits per heavy atom. The van der Waals surface area contributed by atoms with Crippen molar-refractivity contribution < 1.29 is 24.6 Å². The molecule has 118 valence electrons. The summed E-state index contributed by atoms with van der Waals surface area (Å²) in [6.07, 6.45) is 5.88. The van der Waals surface area contributed by atoms with Crippen molar-refractivity contribution in [1.29, 1.82) is 0 Å². The zero-order chi connectivity index (χ0) is 15.4. The first-order chi connectivity index (χ1) is 9.99. The summed E-state index contributed by atoms with van der Waals surface area (Å²) in [6, 6.07) is -1.65. The topological polar surface area (TPSA) is 107 Å². The minimum absolute atomic E-state index is 0.173. The van der Waals surface area contributed by atoms with Crippen LogP contribution in [0.4, 0.5) is 4.79 Å². The molecule has 2 fully saturated rings. The third kappa shape index (κ3) is 3.86. The Labute approximate surface area is 123 Å². The molecule has 0 aromatic heterocycles. The quantitative estimate of drug-likeness (QED) is 0.708. The maximum absolute atomic E-state index is 12.3. The predicted octanol–water partition coefficient (Wildman–Crippen LogP) is 1.28. The molecule has 7 nitrogen and oxygen atoms in total. The zero-order valence-electron chi connectivity index (χ0n) is 12.0. The molecule has 1 heterocycles. The number of urea groups is 1. The second-order valence-electron chi connectivity index (χ2n) is 5.89. The Balaban J connectivity index is 1.97. The van der Waals surface area contributed by atoms with E-state index in [4.69, 9.17) is 10.2 Å². The molecule has 1 aliphatic carbocycles. The van der Waals surface area contributed by atoms with E-state index in [-0.39, 0.29) is 6.04 Å². The normalized spacial score (nSPS) is 24.0. The molecule has 0 aromatic carbocycles. The fraction of sp³-hybridized carbons (Fsp3) is 0.786. The third-order valence-electron chi connectivity index (χ3n) is 4.48. The van der Waals surface area contributed by atoms with Gasteiger partial charge in [-0.25, -0.2) is 9.59 Å². The van der Waals surface area contributed by atoms with Gasteiger partial charge in [0.2, 0.25) is 0 Å². The van der Waals surface area contributed by atoms with E-state index in [1.165, 1.54) is 12.8 Å². The number of hydrogen-bond acceptors (Lipinski definition) is 3. The molecule has 7 heteroatoms. The van der Waals surface area contributed by atoms with E-state index >= 15 is 0 Å². The smallest absolute Gasteiger partial charge is 0.326 e. The second-order valence-corrected chi connectivity index (χ2v) is 5.89. The fourth-order valence-corrected chi connectivity index (χ4v) is 3.48. The summed E-state index contributed by atoms with van der Waals surface area (Å²) in [6.45, 7) is 0.617. The van der Waals surface area contributed by atoms with Crippen molar-refractivity contribution in [3.63, 3.8) is 0 Å². The average Bonchev–Trinajstić information content (AvgIpc) is 3.07. The van der Waals surface area contributed by atoms with Gasteiger partial charge in [0.25, 0.3) is 0 Å². The number of nitrogens with zero attached hydrogens (tertiary/aromatic N) is 1. The summed E-state index contributed by atoms with van der Waals surface area (Å²) in [7, 11) is 0. The van der Waals surface area contributed by atoms with Crippen LogP contribution in [0.25, 0.3) is 0 Å². The fourth-order valence-electron chi connectivity index (χ4n) is 3.48. The van der Waals surface area contributed by atoms with Gasteiger partial charge in [-0.05, 0) is 31.6 Å². The molecule has 21 heavy (non-hydrogen) atoms. The lowest BCUT2D eigenvalue weighted by atomic mass is 9.96. The maximum atomic E-state index is 12.3. The van der Waals surface area contributed by atoms with Crippen LogP contribution in [0.1, 0.15) is 44.9 Å². The molecule has 2 aliphatic rings. The predicted molar refractivity (Wildman–Crippen MR) is 73.9 cm³/mol. The summed E-state index contributed by atoms with van der Waals surface area (Å²) >= 11 is 0. The minimum atomic E-state index is -1.38. The molecule has 2 atom stereocenters. The molecule has 1 aliphatic heterocycles. The first-order valence-corrected chi connectivity index (χ1v) is 7.50. The highest BCUT2D eigenvalue weighted by molar-refractivity contribution is 5.86. The van der Waals surface area contributed by atoms with Crippen molar-refractivity contribution in [2.75, 3.05) is 6.54 Å². The highest BCUT2D eigenvalue weighted by Gasteiger charge is 2.37. The summed E-state index contributed by atoms with van der Waals surface area (Å²) < 4.78 is 0. The number of nitrogens with one attached hydrogen (secondary N) is 1. The van der Waals surface area contributed by atoms with Crippen LogP contribution >= 0.6 is 0 Å². The number of carboxylic acid groups (broad SMARTS) is 2. The molecule has 0 spiro atoms. The molecule has 2 rings (SSSR count). The molecular weight excluding hydrogens is 276 g/mol. The standard InChI is InChI=1S/C14H22N2O5/c17-12(18)8-10(13(19)20)15-14(21)16-7-3-6-11(16)9-4-1-2-5-9/h9-11H,1-8H2,(H,15,21)(H,17,18)(H,19,20). The zero-order valence-corrected chi connectivity index (χ0v) is 12.0. The van der Waals surface area contributed by atoms with Crippen LogP contribution in [-0.4, -0.2) is 51.7 Å². The van der Waals surface area contributed by atoms with Gasteiger partial charge in [-0.3, -0.25) is 4.79 Å². The van der Waals surface area contributed by atoms with Gasteiger partial charge < -0.3 is 20.4 Å². The molecule has 0 radical (unpaired) electrons. The Morgan fingerprint density at radius 2 is 1.76 bits per heavy atom. The van der Waals surface area contributed by atoms with Crippen LogP contribution < -0.4 is 5.32 Å². The number of rotatable bonds is 5. The SMILES string of the molecule is O=C(O)CC(NC(=O)N1CCCC1C1CCCC1)C(=O)O. The van der Waals surface area contributed by atoms with E-state index in [0.29, 0.717) is 12.5 Å². The summed E-state index contributed by atoms with van der Waals surface area (Å²) in [5, 5.41) is 20.1. The molecule has 2 unspecified atom stereocenters. The Morgan fingerprint density at radius 3 is 2.33 bits per heavy atom. The number of aliphatic carboxylic acids is 2. The first kappa shape index (κ1) is 15.6. The van der Waals surface area contributed by atoms with E-state index in [9.17, 15) is 14.4 Å². The van der Waals surface area contributed by atoms with Crippen LogP contribution in [0.2, 0.25) is 0 Å². The van der Waals surface area contributed by atoms with Crippen LogP contribution in [0.15, 0.2) is 0 Å². The van der Waals surface area contributed by atoms with E-state index in [2.05, 4.69) is 5.32 Å². The van der Waals surface area contributed by atoms with Gasteiger partial charge in [-0.1, -0.05) is 12.8 Å². The highest BCUT2D eigenvalue weighted by Crippen LogP contribution is 2.35. The van der Waals surface area contributed by atoms with Crippen molar-refractivity contribution in [3.05, 3.63) is 0 Å². The number of carboxylic acids is 2. The average molecular weight is 298 g/mol. The Kier molecular flexibility index (Phi) is 5.03. The Bertz CT molecular complexity index is 420. The van der Waals surface area contributed by atoms with E-state index in [1.807, 2.05) is 0 Å². The lowest BCUT2D eigenvalue weighted by Gasteiger charge is -2.30. The second kappa shape index (κ2) is 6.78. The molecule has 1 saturated carbocycles. The van der Waals surface area contributed by atoms with Gasteiger partial charge in [0.05, 0.1) is 6.42 Å².